The van der Waals surface area contributed by atoms with Crippen molar-refractivity contribution < 1.29 is 0 Å². The van der Waals surface area contributed by atoms with Crippen LogP contribution in [0.3, 0.4) is 0 Å². The van der Waals surface area contributed by atoms with Gasteiger partial charge >= 0.3 is 0 Å². The first-order valence-corrected chi connectivity index (χ1v) is 12.6. The summed E-state index contributed by atoms with van der Waals surface area (Å²) in [6, 6.07) is 18.2. The number of anilines is 3. The standard InChI is InChI=1S/C16H24N8.C7H8.2C2H6/c1-3-23(2)22-13-6-4-12(5-7-13)15-19-16(14(17)20-21-15)24-10-8-18-9-11-24;1-7-5-3-2-4-6-7;2*1-2/h4-7,18,22H,3,8-11H2,1-2H3,(H2,17,20);2-6H,1H3;2*1-2H3. The average Bonchev–Trinajstić information content (AvgIpc) is 2.93. The summed E-state index contributed by atoms with van der Waals surface area (Å²) < 4.78 is 0. The zero-order valence-electron chi connectivity index (χ0n) is 22.5. The molecule has 4 rings (SSSR count). The number of benzene rings is 2. The maximum absolute atomic E-state index is 5.98. The fourth-order valence-corrected chi connectivity index (χ4v) is 3.09. The van der Waals surface area contributed by atoms with E-state index in [2.05, 4.69) is 56.8 Å². The van der Waals surface area contributed by atoms with Gasteiger partial charge in [0.25, 0.3) is 0 Å². The van der Waals surface area contributed by atoms with E-state index in [9.17, 15) is 0 Å². The van der Waals surface area contributed by atoms with Crippen molar-refractivity contribution in [2.24, 2.45) is 0 Å². The average molecular weight is 481 g/mol. The van der Waals surface area contributed by atoms with Gasteiger partial charge in [-0.2, -0.15) is 0 Å². The molecule has 1 fully saturated rings. The summed E-state index contributed by atoms with van der Waals surface area (Å²) in [6.45, 7) is 16.7. The van der Waals surface area contributed by atoms with Gasteiger partial charge < -0.3 is 21.4 Å². The van der Waals surface area contributed by atoms with E-state index < -0.39 is 0 Å². The highest BCUT2D eigenvalue weighted by atomic mass is 15.5. The molecule has 0 radical (unpaired) electrons. The largest absolute Gasteiger partial charge is 0.379 e. The zero-order chi connectivity index (χ0) is 26.1. The SMILES string of the molecule is CC.CC.CCN(C)Nc1ccc(-c2nnc(N)c(N3CCNCC3)n2)cc1.Cc1ccccc1. The lowest BCUT2D eigenvalue weighted by Gasteiger charge is -2.28. The molecule has 2 heterocycles. The van der Waals surface area contributed by atoms with Gasteiger partial charge in [-0.3, -0.25) is 0 Å². The maximum atomic E-state index is 5.98. The van der Waals surface area contributed by atoms with Crippen molar-refractivity contribution in [3.05, 3.63) is 60.2 Å². The van der Waals surface area contributed by atoms with Gasteiger partial charge in [0, 0.05) is 51.0 Å². The van der Waals surface area contributed by atoms with Crippen molar-refractivity contribution in [1.29, 1.82) is 0 Å². The predicted molar refractivity (Wildman–Crippen MR) is 151 cm³/mol. The van der Waals surface area contributed by atoms with Crippen LogP contribution in [-0.2, 0) is 0 Å². The Morgan fingerprint density at radius 1 is 0.943 bits per heavy atom. The number of nitrogens with zero attached hydrogens (tertiary/aromatic N) is 5. The smallest absolute Gasteiger partial charge is 0.189 e. The summed E-state index contributed by atoms with van der Waals surface area (Å²) in [5, 5.41) is 13.6. The molecular formula is C27H44N8. The van der Waals surface area contributed by atoms with Gasteiger partial charge in [-0.25, -0.2) is 9.99 Å². The molecule has 0 saturated carbocycles. The number of rotatable bonds is 5. The molecule has 8 heteroatoms. The highest BCUT2D eigenvalue weighted by Crippen LogP contribution is 2.23. The molecule has 1 saturated heterocycles. The van der Waals surface area contributed by atoms with Crippen LogP contribution >= 0.6 is 0 Å². The lowest BCUT2D eigenvalue weighted by Crippen LogP contribution is -2.44. The molecule has 192 valence electrons. The van der Waals surface area contributed by atoms with Gasteiger partial charge in [0.05, 0.1) is 0 Å². The monoisotopic (exact) mass is 480 g/mol. The van der Waals surface area contributed by atoms with Gasteiger partial charge in [-0.15, -0.1) is 10.2 Å². The molecule has 0 spiro atoms. The van der Waals surface area contributed by atoms with Gasteiger partial charge in [0.2, 0.25) is 0 Å². The number of nitrogens with one attached hydrogen (secondary N) is 2. The van der Waals surface area contributed by atoms with Crippen LogP contribution in [-0.4, -0.2) is 60.0 Å². The second-order valence-electron chi connectivity index (χ2n) is 7.44. The molecule has 8 nitrogen and oxygen atoms in total. The summed E-state index contributed by atoms with van der Waals surface area (Å²) in [4.78, 5) is 6.79. The molecule has 0 aliphatic carbocycles. The lowest BCUT2D eigenvalue weighted by molar-refractivity contribution is 0.426. The molecule has 0 unspecified atom stereocenters. The summed E-state index contributed by atoms with van der Waals surface area (Å²) >= 11 is 0. The second kappa shape index (κ2) is 17.2. The Bertz CT molecular complexity index is 926. The minimum atomic E-state index is 0.378. The Morgan fingerprint density at radius 2 is 1.54 bits per heavy atom. The molecule has 3 aromatic rings. The number of piperazine rings is 1. The number of hydrazine groups is 1. The lowest BCUT2D eigenvalue weighted by atomic mass is 10.2. The number of aromatic nitrogens is 3. The number of nitrogen functional groups attached to an aromatic ring is 1. The van der Waals surface area contributed by atoms with E-state index in [0.29, 0.717) is 11.6 Å². The quantitative estimate of drug-likeness (QED) is 0.446. The van der Waals surface area contributed by atoms with Crippen molar-refractivity contribution in [1.82, 2.24) is 25.5 Å². The Labute approximate surface area is 211 Å². The van der Waals surface area contributed by atoms with Gasteiger partial charge in [0.15, 0.2) is 17.5 Å². The first-order chi connectivity index (χ1) is 17.1. The van der Waals surface area contributed by atoms with Crippen molar-refractivity contribution in [2.45, 2.75) is 41.5 Å². The molecule has 0 amide bonds. The first kappa shape index (κ1) is 29.8. The Balaban J connectivity index is 0.000000468. The van der Waals surface area contributed by atoms with E-state index in [1.54, 1.807) is 0 Å². The zero-order valence-corrected chi connectivity index (χ0v) is 22.5. The van der Waals surface area contributed by atoms with Gasteiger partial charge in [-0.05, 0) is 31.2 Å². The van der Waals surface area contributed by atoms with E-state index in [4.69, 9.17) is 5.73 Å². The highest BCUT2D eigenvalue weighted by molar-refractivity contribution is 5.65. The number of aryl methyl sites for hydroxylation is 1. The Kier molecular flexibility index (Phi) is 14.7. The van der Waals surface area contributed by atoms with Crippen LogP contribution in [0.5, 0.6) is 0 Å². The molecule has 0 atom stereocenters. The van der Waals surface area contributed by atoms with Crippen molar-refractivity contribution >= 4 is 17.3 Å². The molecule has 1 aliphatic heterocycles. The fraction of sp³-hybridized carbons (Fsp3) is 0.444. The van der Waals surface area contributed by atoms with E-state index in [0.717, 1.165) is 49.8 Å². The van der Waals surface area contributed by atoms with Gasteiger partial charge in [-0.1, -0.05) is 70.5 Å². The first-order valence-electron chi connectivity index (χ1n) is 12.6. The summed E-state index contributed by atoms with van der Waals surface area (Å²) in [6.07, 6.45) is 0. The molecule has 4 N–H and O–H groups in total. The van der Waals surface area contributed by atoms with Crippen molar-refractivity contribution in [2.75, 3.05) is 55.8 Å². The molecule has 1 aromatic heterocycles. The van der Waals surface area contributed by atoms with Crippen molar-refractivity contribution in [3.8, 4) is 11.4 Å². The minimum Gasteiger partial charge on any atom is -0.379 e. The third-order valence-corrected chi connectivity index (χ3v) is 4.99. The number of hydrogen-bond acceptors (Lipinski definition) is 8. The van der Waals surface area contributed by atoms with Crippen molar-refractivity contribution in [3.63, 3.8) is 0 Å². The summed E-state index contributed by atoms with van der Waals surface area (Å²) in [5.74, 6) is 1.69. The topological polar surface area (TPSA) is 95.2 Å². The molecule has 2 aromatic carbocycles. The Hall–Kier alpha value is -3.23. The molecule has 35 heavy (non-hydrogen) atoms. The maximum Gasteiger partial charge on any atom is 0.189 e. The number of nitrogens with two attached hydrogens (primary N) is 1. The van der Waals surface area contributed by atoms with Crippen LogP contribution in [0.15, 0.2) is 54.6 Å². The van der Waals surface area contributed by atoms with E-state index in [1.165, 1.54) is 5.56 Å². The fourth-order valence-electron chi connectivity index (χ4n) is 3.09. The predicted octanol–water partition coefficient (Wildman–Crippen LogP) is 4.86. The van der Waals surface area contributed by atoms with Crippen LogP contribution in [0.1, 0.15) is 40.2 Å². The second-order valence-corrected chi connectivity index (χ2v) is 7.44. The van der Waals surface area contributed by atoms with E-state index >= 15 is 0 Å². The third kappa shape index (κ3) is 10.3. The Morgan fingerprint density at radius 3 is 2.06 bits per heavy atom. The molecule has 1 aliphatic rings. The van der Waals surface area contributed by atoms with Crippen LogP contribution in [0.25, 0.3) is 11.4 Å². The minimum absolute atomic E-state index is 0.378. The normalized spacial score (nSPS) is 12.3. The molecular weight excluding hydrogens is 436 g/mol. The van der Waals surface area contributed by atoms with E-state index in [-0.39, 0.29) is 0 Å². The highest BCUT2D eigenvalue weighted by Gasteiger charge is 2.17. The number of hydrogen-bond donors (Lipinski definition) is 3. The van der Waals surface area contributed by atoms with Crippen LogP contribution in [0, 0.1) is 6.92 Å². The van der Waals surface area contributed by atoms with Crippen LogP contribution in [0.2, 0.25) is 0 Å². The van der Waals surface area contributed by atoms with Crippen LogP contribution in [0.4, 0.5) is 17.3 Å². The van der Waals surface area contributed by atoms with Gasteiger partial charge in [0.1, 0.15) is 0 Å². The van der Waals surface area contributed by atoms with E-state index in [1.807, 2.05) is 82.2 Å². The third-order valence-electron chi connectivity index (χ3n) is 4.99. The summed E-state index contributed by atoms with van der Waals surface area (Å²) in [5.41, 5.74) is 12.5. The molecule has 0 bridgehead atoms. The summed E-state index contributed by atoms with van der Waals surface area (Å²) in [7, 11) is 2.00. The van der Waals surface area contributed by atoms with Crippen LogP contribution < -0.4 is 21.4 Å².